The van der Waals surface area contributed by atoms with Gasteiger partial charge in [-0.15, -0.1) is 0 Å². The smallest absolute Gasteiger partial charge is 0.241 e. The molecule has 0 radical (unpaired) electrons. The Kier molecular flexibility index (Phi) is 3.44. The first-order chi connectivity index (χ1) is 8.31. The van der Waals surface area contributed by atoms with E-state index in [9.17, 15) is 8.42 Å². The van der Waals surface area contributed by atoms with Crippen LogP contribution in [0.3, 0.4) is 0 Å². The van der Waals surface area contributed by atoms with Crippen molar-refractivity contribution in [1.29, 1.82) is 0 Å². The Balaban J connectivity index is 2.15. The third kappa shape index (κ3) is 3.28. The summed E-state index contributed by atoms with van der Waals surface area (Å²) >= 11 is 4.81. The Morgan fingerprint density at radius 2 is 1.94 bits per heavy atom. The fourth-order valence-corrected chi connectivity index (χ4v) is 3.29. The number of hydrogen-bond donors (Lipinski definition) is 2. The number of rotatable bonds is 5. The van der Waals surface area contributed by atoms with Crippen molar-refractivity contribution < 1.29 is 8.42 Å². The number of benzene rings is 1. The van der Waals surface area contributed by atoms with Gasteiger partial charge in [0.1, 0.15) is 0 Å². The Hall–Kier alpha value is -0.980. The second-order valence-corrected chi connectivity index (χ2v) is 7.16. The molecule has 0 heterocycles. The van der Waals surface area contributed by atoms with E-state index in [2.05, 4.69) is 4.72 Å². The predicted molar refractivity (Wildman–Crippen MR) is 74.9 cm³/mol. The summed E-state index contributed by atoms with van der Waals surface area (Å²) in [5, 5.41) is 0. The van der Waals surface area contributed by atoms with Crippen molar-refractivity contribution in [2.45, 2.75) is 36.6 Å². The van der Waals surface area contributed by atoms with E-state index < -0.39 is 10.0 Å². The molecule has 6 heteroatoms. The van der Waals surface area contributed by atoms with Gasteiger partial charge in [-0.3, -0.25) is 0 Å². The maximum absolute atomic E-state index is 12.1. The lowest BCUT2D eigenvalue weighted by Crippen LogP contribution is -2.34. The van der Waals surface area contributed by atoms with E-state index in [1.165, 1.54) is 0 Å². The fraction of sp³-hybridized carbons (Fsp3) is 0.417. The third-order valence-corrected chi connectivity index (χ3v) is 4.79. The van der Waals surface area contributed by atoms with Gasteiger partial charge in [0.2, 0.25) is 10.0 Å². The van der Waals surface area contributed by atoms with E-state index in [0.29, 0.717) is 11.4 Å². The molecule has 3 N–H and O–H groups in total. The minimum atomic E-state index is -3.41. The van der Waals surface area contributed by atoms with Crippen LogP contribution in [-0.4, -0.2) is 18.9 Å². The van der Waals surface area contributed by atoms with Crippen LogP contribution in [0.5, 0.6) is 0 Å². The van der Waals surface area contributed by atoms with Crippen molar-refractivity contribution in [3.8, 4) is 0 Å². The van der Waals surface area contributed by atoms with Gasteiger partial charge in [-0.25, -0.2) is 13.1 Å². The fourth-order valence-electron chi connectivity index (χ4n) is 1.66. The topological polar surface area (TPSA) is 72.2 Å². The number of nitrogens with one attached hydrogen (secondary N) is 1. The van der Waals surface area contributed by atoms with Crippen LogP contribution in [0.2, 0.25) is 0 Å². The van der Waals surface area contributed by atoms with Gasteiger partial charge in [0.05, 0.1) is 9.88 Å². The number of hydrogen-bond acceptors (Lipinski definition) is 3. The molecule has 0 amide bonds. The molecular weight excluding hydrogens is 268 g/mol. The summed E-state index contributed by atoms with van der Waals surface area (Å²) < 4.78 is 26.8. The summed E-state index contributed by atoms with van der Waals surface area (Å²) in [5.41, 5.74) is 6.10. The van der Waals surface area contributed by atoms with E-state index in [-0.39, 0.29) is 10.4 Å². The van der Waals surface area contributed by atoms with Crippen LogP contribution in [0, 0.1) is 0 Å². The molecule has 1 aromatic rings. The molecule has 1 fully saturated rings. The zero-order chi connectivity index (χ0) is 13.4. The molecule has 0 aliphatic heterocycles. The lowest BCUT2D eigenvalue weighted by molar-refractivity contribution is 0.558. The SMILES string of the molecule is CC1(NS(=O)(=O)c2ccc(CC(N)=S)cc2)CC1. The van der Waals surface area contributed by atoms with E-state index in [1.54, 1.807) is 24.3 Å². The van der Waals surface area contributed by atoms with E-state index >= 15 is 0 Å². The molecule has 18 heavy (non-hydrogen) atoms. The molecule has 2 rings (SSSR count). The van der Waals surface area contributed by atoms with Gasteiger partial charge in [0, 0.05) is 12.0 Å². The highest BCUT2D eigenvalue weighted by atomic mass is 32.2. The minimum absolute atomic E-state index is 0.254. The van der Waals surface area contributed by atoms with Crippen LogP contribution in [0.15, 0.2) is 29.2 Å². The first-order valence-electron chi connectivity index (χ1n) is 5.72. The molecule has 0 saturated heterocycles. The first kappa shape index (κ1) is 13.5. The van der Waals surface area contributed by atoms with Crippen molar-refractivity contribution in [3.05, 3.63) is 29.8 Å². The number of sulfonamides is 1. The summed E-state index contributed by atoms with van der Waals surface area (Å²) in [4.78, 5) is 0.677. The summed E-state index contributed by atoms with van der Waals surface area (Å²) in [6.07, 6.45) is 2.28. The molecule has 0 bridgehead atoms. The second-order valence-electron chi connectivity index (χ2n) is 4.95. The van der Waals surface area contributed by atoms with Crippen LogP contribution < -0.4 is 10.5 Å². The van der Waals surface area contributed by atoms with Gasteiger partial charge >= 0.3 is 0 Å². The zero-order valence-electron chi connectivity index (χ0n) is 10.1. The molecule has 1 saturated carbocycles. The maximum atomic E-state index is 12.1. The van der Waals surface area contributed by atoms with Crippen molar-refractivity contribution in [2.75, 3.05) is 0 Å². The number of thiocarbonyl (C=S) groups is 1. The van der Waals surface area contributed by atoms with Crippen LogP contribution in [0.4, 0.5) is 0 Å². The highest BCUT2D eigenvalue weighted by Gasteiger charge is 2.41. The molecule has 1 aliphatic carbocycles. The first-order valence-corrected chi connectivity index (χ1v) is 7.61. The molecule has 1 aromatic carbocycles. The van der Waals surface area contributed by atoms with Crippen molar-refractivity contribution >= 4 is 27.2 Å². The summed E-state index contributed by atoms with van der Waals surface area (Å²) in [7, 11) is -3.41. The van der Waals surface area contributed by atoms with Crippen LogP contribution in [0.1, 0.15) is 25.3 Å². The Labute approximate surface area is 113 Å². The number of nitrogens with two attached hydrogens (primary N) is 1. The van der Waals surface area contributed by atoms with Gasteiger partial charge in [-0.05, 0) is 37.5 Å². The lowest BCUT2D eigenvalue weighted by atomic mass is 10.1. The van der Waals surface area contributed by atoms with Gasteiger partial charge in [-0.2, -0.15) is 0 Å². The van der Waals surface area contributed by atoms with Crippen molar-refractivity contribution in [1.82, 2.24) is 4.72 Å². The molecule has 4 nitrogen and oxygen atoms in total. The van der Waals surface area contributed by atoms with Crippen LogP contribution in [0.25, 0.3) is 0 Å². The highest BCUT2D eigenvalue weighted by Crippen LogP contribution is 2.35. The lowest BCUT2D eigenvalue weighted by Gasteiger charge is -2.12. The van der Waals surface area contributed by atoms with E-state index in [1.807, 2.05) is 6.92 Å². The average molecular weight is 284 g/mol. The maximum Gasteiger partial charge on any atom is 0.241 e. The summed E-state index contributed by atoms with van der Waals surface area (Å²) in [6, 6.07) is 6.65. The summed E-state index contributed by atoms with van der Waals surface area (Å²) in [5.74, 6) is 0. The van der Waals surface area contributed by atoms with Gasteiger partial charge in [-0.1, -0.05) is 24.4 Å². The Bertz CT molecular complexity index is 560. The van der Waals surface area contributed by atoms with Crippen LogP contribution in [-0.2, 0) is 16.4 Å². The minimum Gasteiger partial charge on any atom is -0.393 e. The molecule has 98 valence electrons. The van der Waals surface area contributed by atoms with E-state index in [4.69, 9.17) is 18.0 Å². The van der Waals surface area contributed by atoms with Gasteiger partial charge < -0.3 is 5.73 Å². The summed E-state index contributed by atoms with van der Waals surface area (Å²) in [6.45, 7) is 1.91. The van der Waals surface area contributed by atoms with Gasteiger partial charge in [0.25, 0.3) is 0 Å². The zero-order valence-corrected chi connectivity index (χ0v) is 11.8. The standard InChI is InChI=1S/C12H16N2O2S2/c1-12(6-7-12)14-18(15,16)10-4-2-9(3-5-10)8-11(13)17/h2-5,14H,6-8H2,1H3,(H2,13,17). The molecule has 0 atom stereocenters. The van der Waals surface area contributed by atoms with Crippen molar-refractivity contribution in [2.24, 2.45) is 5.73 Å². The molecule has 1 aliphatic rings. The average Bonchev–Trinajstić information content (AvgIpc) is 2.94. The molecule has 0 spiro atoms. The normalized spacial score (nSPS) is 17.4. The largest absolute Gasteiger partial charge is 0.393 e. The van der Waals surface area contributed by atoms with Gasteiger partial charge in [0.15, 0.2) is 0 Å². The van der Waals surface area contributed by atoms with Crippen molar-refractivity contribution in [3.63, 3.8) is 0 Å². The predicted octanol–water partition coefficient (Wildman–Crippen LogP) is 1.35. The Morgan fingerprint density at radius 3 is 2.39 bits per heavy atom. The molecular formula is C12H16N2O2S2. The highest BCUT2D eigenvalue weighted by molar-refractivity contribution is 7.89. The molecule has 0 unspecified atom stereocenters. The monoisotopic (exact) mass is 284 g/mol. The molecule has 0 aromatic heterocycles. The quantitative estimate of drug-likeness (QED) is 0.801. The second kappa shape index (κ2) is 4.60. The Morgan fingerprint density at radius 1 is 1.39 bits per heavy atom. The third-order valence-electron chi connectivity index (χ3n) is 2.99. The van der Waals surface area contributed by atoms with Crippen LogP contribution >= 0.6 is 12.2 Å². The van der Waals surface area contributed by atoms with E-state index in [0.717, 1.165) is 18.4 Å².